The van der Waals surface area contributed by atoms with E-state index in [-0.39, 0.29) is 22.3 Å². The summed E-state index contributed by atoms with van der Waals surface area (Å²) in [5.41, 5.74) is 0.0323. The first-order valence-electron chi connectivity index (χ1n) is 7.52. The van der Waals surface area contributed by atoms with Crippen molar-refractivity contribution in [2.75, 3.05) is 0 Å². The molecule has 0 spiro atoms. The van der Waals surface area contributed by atoms with Gasteiger partial charge in [0.2, 0.25) is 0 Å². The van der Waals surface area contributed by atoms with Crippen LogP contribution in [0, 0.1) is 5.82 Å². The van der Waals surface area contributed by atoms with Crippen LogP contribution in [0.25, 0.3) is 11.6 Å². The summed E-state index contributed by atoms with van der Waals surface area (Å²) in [6.07, 6.45) is -1.22. The zero-order valence-corrected chi connectivity index (χ0v) is 13.8. The molecule has 1 aliphatic rings. The van der Waals surface area contributed by atoms with E-state index in [1.807, 2.05) is 0 Å². The van der Waals surface area contributed by atoms with Crippen molar-refractivity contribution in [3.8, 4) is 11.6 Å². The molecule has 25 heavy (non-hydrogen) atoms. The summed E-state index contributed by atoms with van der Waals surface area (Å²) < 4.78 is 45.7. The molecule has 1 aliphatic carbocycles. The number of rotatable bonds is 4. The summed E-state index contributed by atoms with van der Waals surface area (Å²) in [6.45, 7) is 0. The van der Waals surface area contributed by atoms with E-state index < -0.39 is 17.7 Å². The number of halogens is 4. The van der Waals surface area contributed by atoms with Gasteiger partial charge in [-0.1, -0.05) is 16.8 Å². The number of aryl methyl sites for hydroxylation is 1. The molecule has 0 atom stereocenters. The molecule has 2 aromatic heterocycles. The molecule has 0 amide bonds. The molecule has 0 bridgehead atoms. The molecule has 0 radical (unpaired) electrons. The van der Waals surface area contributed by atoms with Crippen LogP contribution in [0.4, 0.5) is 13.2 Å². The fraction of sp³-hybridized carbons (Fsp3) is 0.312. The molecule has 0 saturated heterocycles. The largest absolute Gasteiger partial charge is 0.332 e. The first-order chi connectivity index (χ1) is 11.9. The van der Waals surface area contributed by atoms with E-state index in [9.17, 15) is 13.2 Å². The van der Waals surface area contributed by atoms with Gasteiger partial charge in [-0.05, 0) is 42.7 Å². The van der Waals surface area contributed by atoms with Crippen LogP contribution >= 0.6 is 11.6 Å². The molecule has 2 heterocycles. The van der Waals surface area contributed by atoms with Crippen LogP contribution in [0.5, 0.6) is 0 Å². The number of hydrogen-bond donors (Lipinski definition) is 0. The van der Waals surface area contributed by atoms with E-state index in [0.717, 1.165) is 17.5 Å². The minimum absolute atomic E-state index is 0.0475. The molecular weight excluding hydrogens is 357 g/mol. The minimum atomic E-state index is -2.65. The van der Waals surface area contributed by atoms with Crippen LogP contribution in [0.15, 0.2) is 28.8 Å². The summed E-state index contributed by atoms with van der Waals surface area (Å²) in [5, 5.41) is 8.22. The first-order valence-corrected chi connectivity index (χ1v) is 7.90. The molecule has 0 aliphatic heterocycles. The van der Waals surface area contributed by atoms with E-state index >= 15 is 0 Å². The Kier molecular flexibility index (Phi) is 3.61. The fourth-order valence-electron chi connectivity index (χ4n) is 2.91. The van der Waals surface area contributed by atoms with Gasteiger partial charge in [0, 0.05) is 12.1 Å². The van der Waals surface area contributed by atoms with Gasteiger partial charge in [0.15, 0.2) is 11.5 Å². The number of nitrogens with zero attached hydrogens (tertiary/aromatic N) is 4. The molecule has 9 heteroatoms. The topological polar surface area (TPSA) is 56.7 Å². The maximum atomic E-state index is 13.7. The van der Waals surface area contributed by atoms with Crippen molar-refractivity contribution in [3.05, 3.63) is 52.2 Å². The summed E-state index contributed by atoms with van der Waals surface area (Å²) in [7, 11) is 1.42. The van der Waals surface area contributed by atoms with Crippen molar-refractivity contribution in [3.63, 3.8) is 0 Å². The molecule has 1 saturated carbocycles. The van der Waals surface area contributed by atoms with Crippen molar-refractivity contribution >= 4 is 11.6 Å². The lowest BCUT2D eigenvalue weighted by Gasteiger charge is -2.11. The fourth-order valence-corrected chi connectivity index (χ4v) is 3.13. The maximum absolute atomic E-state index is 13.7. The predicted octanol–water partition coefficient (Wildman–Crippen LogP) is 4.28. The molecule has 0 N–H and O–H groups in total. The third-order valence-corrected chi connectivity index (χ3v) is 4.60. The standard InChI is InChI=1S/C16H12ClF3N4O/c1-24-12(13(19)20)7-11(22-24)14-21-15(23-25-14)16(2-3-16)8-4-9(17)6-10(18)5-8/h4-7,13H,2-3H2,1H3. The van der Waals surface area contributed by atoms with Crippen molar-refractivity contribution in [1.82, 2.24) is 19.9 Å². The Morgan fingerprint density at radius 1 is 1.24 bits per heavy atom. The second kappa shape index (κ2) is 5.59. The number of benzene rings is 1. The number of alkyl halides is 2. The second-order valence-electron chi connectivity index (χ2n) is 6.04. The lowest BCUT2D eigenvalue weighted by Crippen LogP contribution is -2.11. The maximum Gasteiger partial charge on any atom is 0.280 e. The van der Waals surface area contributed by atoms with E-state index in [1.54, 1.807) is 6.07 Å². The van der Waals surface area contributed by atoms with Crippen LogP contribution in [0.1, 0.15) is 36.3 Å². The van der Waals surface area contributed by atoms with Gasteiger partial charge < -0.3 is 4.52 Å². The summed E-state index contributed by atoms with van der Waals surface area (Å²) in [5.74, 6) is -0.0245. The monoisotopic (exact) mass is 368 g/mol. The summed E-state index contributed by atoms with van der Waals surface area (Å²) in [4.78, 5) is 4.30. The van der Waals surface area contributed by atoms with E-state index in [1.165, 1.54) is 25.2 Å². The Balaban J connectivity index is 1.71. The van der Waals surface area contributed by atoms with Crippen molar-refractivity contribution in [2.24, 2.45) is 7.05 Å². The lowest BCUT2D eigenvalue weighted by molar-refractivity contribution is 0.141. The average molecular weight is 369 g/mol. The molecule has 1 fully saturated rings. The highest BCUT2D eigenvalue weighted by Gasteiger charge is 2.50. The molecule has 5 nitrogen and oxygen atoms in total. The van der Waals surface area contributed by atoms with Gasteiger partial charge in [-0.2, -0.15) is 10.1 Å². The summed E-state index contributed by atoms with van der Waals surface area (Å²) >= 11 is 5.93. The van der Waals surface area contributed by atoms with Gasteiger partial charge in [-0.3, -0.25) is 4.68 Å². The SMILES string of the molecule is Cn1nc(-c2nc(C3(c4cc(F)cc(Cl)c4)CC3)no2)cc1C(F)F. The zero-order valence-electron chi connectivity index (χ0n) is 13.0. The third-order valence-electron chi connectivity index (χ3n) is 4.38. The average Bonchev–Trinajstić information content (AvgIpc) is 3.02. The van der Waals surface area contributed by atoms with Crippen LogP contribution < -0.4 is 0 Å². The Bertz CT molecular complexity index is 929. The zero-order chi connectivity index (χ0) is 17.8. The van der Waals surface area contributed by atoms with Crippen LogP contribution in [0.3, 0.4) is 0 Å². The Morgan fingerprint density at radius 3 is 2.60 bits per heavy atom. The van der Waals surface area contributed by atoms with Gasteiger partial charge in [0.25, 0.3) is 12.3 Å². The number of hydrogen-bond acceptors (Lipinski definition) is 4. The Labute approximate surface area is 145 Å². The highest BCUT2D eigenvalue weighted by molar-refractivity contribution is 6.30. The van der Waals surface area contributed by atoms with E-state index in [4.69, 9.17) is 16.1 Å². The van der Waals surface area contributed by atoms with Crippen molar-refractivity contribution < 1.29 is 17.7 Å². The third kappa shape index (κ3) is 2.70. The predicted molar refractivity (Wildman–Crippen MR) is 82.9 cm³/mol. The highest BCUT2D eigenvalue weighted by Crippen LogP contribution is 2.53. The van der Waals surface area contributed by atoms with Crippen LogP contribution in [-0.2, 0) is 12.5 Å². The molecule has 1 aromatic carbocycles. The van der Waals surface area contributed by atoms with Crippen molar-refractivity contribution in [2.45, 2.75) is 24.7 Å². The normalized spacial score (nSPS) is 15.8. The smallest absolute Gasteiger partial charge is 0.280 e. The quantitative estimate of drug-likeness (QED) is 0.689. The Morgan fingerprint density at radius 2 is 2.00 bits per heavy atom. The van der Waals surface area contributed by atoms with E-state index in [0.29, 0.717) is 11.4 Å². The number of aromatic nitrogens is 4. The minimum Gasteiger partial charge on any atom is -0.332 e. The first kappa shape index (κ1) is 16.1. The van der Waals surface area contributed by atoms with Gasteiger partial charge in [0.1, 0.15) is 11.5 Å². The molecule has 130 valence electrons. The molecule has 3 aromatic rings. The van der Waals surface area contributed by atoms with E-state index in [2.05, 4.69) is 15.2 Å². The van der Waals surface area contributed by atoms with Gasteiger partial charge in [-0.25, -0.2) is 13.2 Å². The van der Waals surface area contributed by atoms with Crippen LogP contribution in [-0.4, -0.2) is 19.9 Å². The Hall–Kier alpha value is -2.35. The van der Waals surface area contributed by atoms with Crippen molar-refractivity contribution in [1.29, 1.82) is 0 Å². The second-order valence-corrected chi connectivity index (χ2v) is 6.48. The molecule has 4 rings (SSSR count). The van der Waals surface area contributed by atoms with Gasteiger partial charge in [-0.15, -0.1) is 0 Å². The molecular formula is C16H12ClF3N4O. The lowest BCUT2D eigenvalue weighted by atomic mass is 9.95. The van der Waals surface area contributed by atoms with Gasteiger partial charge in [0.05, 0.1) is 5.41 Å². The van der Waals surface area contributed by atoms with Gasteiger partial charge >= 0.3 is 0 Å². The highest BCUT2D eigenvalue weighted by atomic mass is 35.5. The van der Waals surface area contributed by atoms with Crippen LogP contribution in [0.2, 0.25) is 5.02 Å². The summed E-state index contributed by atoms with van der Waals surface area (Å²) in [6, 6.07) is 5.50. The molecule has 0 unspecified atom stereocenters.